The molecule has 1 fully saturated rings. The number of halogens is 8. The summed E-state index contributed by atoms with van der Waals surface area (Å²) < 4.78 is 92.1. The molecule has 0 bridgehead atoms. The van der Waals surface area contributed by atoms with Gasteiger partial charge in [0.25, 0.3) is 0 Å². The van der Waals surface area contributed by atoms with Crippen molar-refractivity contribution < 1.29 is 64.8 Å². The maximum absolute atomic E-state index is 14.2. The SMILES string of the molecule is O=C(CCN(CCNCCc1ccc(O)c2[nH]c(=O)sc12)CCc1cccc(F)c1F)NC1CCCCCC1.O=C(O)C(F)(F)F.O=C(O)C(F)(F)F. The number of thiazole rings is 1. The van der Waals surface area contributed by atoms with Gasteiger partial charge in [-0.1, -0.05) is 55.2 Å². The van der Waals surface area contributed by atoms with Gasteiger partial charge in [0.15, 0.2) is 11.6 Å². The van der Waals surface area contributed by atoms with Crippen molar-refractivity contribution in [2.24, 2.45) is 0 Å². The topological polar surface area (TPSA) is 172 Å². The van der Waals surface area contributed by atoms with Gasteiger partial charge in [-0.3, -0.25) is 9.59 Å². The monoisotopic (exact) mass is 788 g/mol. The molecule has 1 amide bonds. The van der Waals surface area contributed by atoms with Crippen LogP contribution in [-0.2, 0) is 27.2 Å². The van der Waals surface area contributed by atoms with Crippen molar-refractivity contribution in [2.75, 3.05) is 32.7 Å². The highest BCUT2D eigenvalue weighted by molar-refractivity contribution is 7.16. The van der Waals surface area contributed by atoms with Crippen molar-refractivity contribution in [1.29, 1.82) is 0 Å². The third kappa shape index (κ3) is 16.5. The summed E-state index contributed by atoms with van der Waals surface area (Å²) in [6.07, 6.45) is -1.94. The highest BCUT2D eigenvalue weighted by atomic mass is 32.1. The molecule has 1 saturated carbocycles. The third-order valence-corrected chi connectivity index (χ3v) is 8.86. The van der Waals surface area contributed by atoms with E-state index in [0.717, 1.165) is 53.3 Å². The van der Waals surface area contributed by atoms with E-state index in [4.69, 9.17) is 19.8 Å². The van der Waals surface area contributed by atoms with E-state index in [9.17, 15) is 49.8 Å². The van der Waals surface area contributed by atoms with Crippen LogP contribution in [-0.4, -0.2) is 94.2 Å². The predicted molar refractivity (Wildman–Crippen MR) is 179 cm³/mol. The van der Waals surface area contributed by atoms with Crippen LogP contribution < -0.4 is 15.5 Å². The third-order valence-electron chi connectivity index (χ3n) is 7.90. The zero-order chi connectivity index (χ0) is 39.8. The number of carboxylic acid groups (broad SMARTS) is 2. The average molecular weight is 789 g/mol. The summed E-state index contributed by atoms with van der Waals surface area (Å²) >= 11 is 1.09. The number of alkyl halides is 6. The molecule has 0 saturated heterocycles. The number of hydrogen-bond donors (Lipinski definition) is 6. The summed E-state index contributed by atoms with van der Waals surface area (Å²) in [5, 5.41) is 30.8. The molecule has 0 unspecified atom stereocenters. The number of benzene rings is 2. The molecule has 1 aromatic heterocycles. The summed E-state index contributed by atoms with van der Waals surface area (Å²) in [4.78, 5) is 46.8. The summed E-state index contributed by atoms with van der Waals surface area (Å²) in [7, 11) is 0. The molecule has 20 heteroatoms. The van der Waals surface area contributed by atoms with Gasteiger partial charge >= 0.3 is 29.2 Å². The Balaban J connectivity index is 0.000000587. The van der Waals surface area contributed by atoms with Gasteiger partial charge in [-0.2, -0.15) is 26.3 Å². The lowest BCUT2D eigenvalue weighted by molar-refractivity contribution is -0.193. The number of carbonyl (C=O) groups is 3. The minimum absolute atomic E-state index is 0.0404. The molecule has 53 heavy (non-hydrogen) atoms. The van der Waals surface area contributed by atoms with Crippen molar-refractivity contribution in [3.8, 4) is 5.75 Å². The molecule has 11 nitrogen and oxygen atoms in total. The van der Waals surface area contributed by atoms with Crippen LogP contribution in [0.15, 0.2) is 35.1 Å². The van der Waals surface area contributed by atoms with Crippen LogP contribution in [0.25, 0.3) is 10.2 Å². The molecule has 1 aliphatic rings. The molecule has 6 N–H and O–H groups in total. The Morgan fingerprint density at radius 3 is 2.02 bits per heavy atom. The van der Waals surface area contributed by atoms with Crippen molar-refractivity contribution in [2.45, 2.75) is 76.2 Å². The molecule has 0 aliphatic heterocycles. The van der Waals surface area contributed by atoms with Crippen LogP contribution in [0.1, 0.15) is 56.1 Å². The molecule has 0 atom stereocenters. The standard InChI is InChI=1S/C29H38F2N4O3S.2C2HF3O2/c30-23-9-5-6-20(26(23)31)13-17-35(18-14-25(37)33-22-7-3-1-2-4-8-22)19-16-32-15-12-21-10-11-24(36)27-28(21)39-29(38)34-27;2*3-2(4,5)1(6)7/h5-6,9-11,22,32,36H,1-4,7-8,12-19H2,(H,33,37)(H,34,38);2*(H,6,7). The lowest BCUT2D eigenvalue weighted by Crippen LogP contribution is -2.39. The van der Waals surface area contributed by atoms with Crippen molar-refractivity contribution in [3.05, 3.63) is 62.8 Å². The minimum Gasteiger partial charge on any atom is -0.506 e. The van der Waals surface area contributed by atoms with E-state index in [1.165, 1.54) is 18.9 Å². The Kier molecular flexibility index (Phi) is 18.1. The number of aromatic nitrogens is 1. The van der Waals surface area contributed by atoms with E-state index in [1.807, 2.05) is 6.07 Å². The van der Waals surface area contributed by atoms with Gasteiger partial charge in [-0.25, -0.2) is 18.4 Å². The van der Waals surface area contributed by atoms with Gasteiger partial charge in [0.2, 0.25) is 5.91 Å². The van der Waals surface area contributed by atoms with Crippen molar-refractivity contribution in [3.63, 3.8) is 0 Å². The zero-order valence-corrected chi connectivity index (χ0v) is 29.0. The number of aromatic hydroxyl groups is 1. The molecule has 4 rings (SSSR count). The lowest BCUT2D eigenvalue weighted by atomic mass is 10.1. The lowest BCUT2D eigenvalue weighted by Gasteiger charge is -2.23. The fraction of sp³-hybridized carbons (Fsp3) is 0.515. The van der Waals surface area contributed by atoms with E-state index < -0.39 is 35.9 Å². The molecule has 2 aromatic carbocycles. The van der Waals surface area contributed by atoms with Gasteiger partial charge < -0.3 is 35.8 Å². The Morgan fingerprint density at radius 2 is 1.43 bits per heavy atom. The van der Waals surface area contributed by atoms with Crippen LogP contribution >= 0.6 is 11.3 Å². The second kappa shape index (κ2) is 21.4. The Bertz CT molecular complexity index is 1670. The molecule has 0 radical (unpaired) electrons. The molecule has 3 aromatic rings. The normalized spacial score (nSPS) is 13.8. The number of amides is 1. The molecule has 1 heterocycles. The van der Waals surface area contributed by atoms with Gasteiger partial charge in [0.05, 0.1) is 4.70 Å². The van der Waals surface area contributed by atoms with Gasteiger partial charge in [-0.15, -0.1) is 0 Å². The zero-order valence-electron chi connectivity index (χ0n) is 28.2. The van der Waals surface area contributed by atoms with Crippen LogP contribution in [0.4, 0.5) is 35.1 Å². The Labute approximate surface area is 302 Å². The number of carboxylic acids is 2. The maximum Gasteiger partial charge on any atom is 0.490 e. The number of H-pyrrole nitrogens is 1. The Hall–Kier alpha value is -4.30. The number of nitrogens with one attached hydrogen (secondary N) is 3. The van der Waals surface area contributed by atoms with Crippen molar-refractivity contribution >= 4 is 39.4 Å². The summed E-state index contributed by atoms with van der Waals surface area (Å²) in [6, 6.07) is 7.90. The number of carbonyl (C=O) groups excluding carboxylic acids is 1. The number of nitrogens with zero attached hydrogens (tertiary/aromatic N) is 1. The van der Waals surface area contributed by atoms with E-state index in [0.29, 0.717) is 63.1 Å². The molecule has 1 aliphatic carbocycles. The molecular weight excluding hydrogens is 748 g/mol. The first kappa shape index (κ1) is 44.9. The summed E-state index contributed by atoms with van der Waals surface area (Å²) in [5.74, 6) is -7.07. The number of phenols is 1. The number of phenolic OH excluding ortho intramolecular Hbond substituents is 1. The van der Waals surface area contributed by atoms with E-state index in [2.05, 4.69) is 20.5 Å². The predicted octanol–water partition coefficient (Wildman–Crippen LogP) is 5.75. The second-order valence-electron chi connectivity index (χ2n) is 11.9. The van der Waals surface area contributed by atoms with Crippen molar-refractivity contribution in [1.82, 2.24) is 20.5 Å². The first-order valence-electron chi connectivity index (χ1n) is 16.4. The van der Waals surface area contributed by atoms with Gasteiger partial charge in [0.1, 0.15) is 11.3 Å². The minimum atomic E-state index is -5.08. The summed E-state index contributed by atoms with van der Waals surface area (Å²) in [6.45, 7) is 3.01. The quantitative estimate of drug-likeness (QED) is 0.0718. The molecule has 296 valence electrons. The van der Waals surface area contributed by atoms with Crippen LogP contribution in [0.3, 0.4) is 0 Å². The number of aromatic amines is 1. The van der Waals surface area contributed by atoms with E-state index in [-0.39, 0.29) is 22.6 Å². The average Bonchev–Trinajstić information content (AvgIpc) is 3.29. The van der Waals surface area contributed by atoms with Crippen LogP contribution in [0, 0.1) is 11.6 Å². The molecular formula is C33H40F8N4O7S. The molecule has 0 spiro atoms. The van der Waals surface area contributed by atoms with E-state index >= 15 is 0 Å². The highest BCUT2D eigenvalue weighted by Crippen LogP contribution is 2.28. The Morgan fingerprint density at radius 1 is 0.830 bits per heavy atom. The first-order chi connectivity index (χ1) is 24.8. The van der Waals surface area contributed by atoms with Gasteiger partial charge in [0, 0.05) is 38.6 Å². The smallest absolute Gasteiger partial charge is 0.490 e. The number of hydrogen-bond acceptors (Lipinski definition) is 8. The van der Waals surface area contributed by atoms with E-state index in [1.54, 1.807) is 12.1 Å². The second-order valence-corrected chi connectivity index (χ2v) is 12.9. The summed E-state index contributed by atoms with van der Waals surface area (Å²) in [5.41, 5.74) is 1.78. The number of aliphatic carboxylic acids is 2. The number of fused-ring (bicyclic) bond motifs is 1. The van der Waals surface area contributed by atoms with Crippen LogP contribution in [0.5, 0.6) is 5.75 Å². The number of rotatable bonds is 13. The van der Waals surface area contributed by atoms with Gasteiger partial charge in [-0.05, 0) is 55.5 Å². The highest BCUT2D eigenvalue weighted by Gasteiger charge is 2.38. The fourth-order valence-corrected chi connectivity index (χ4v) is 6.09. The fourth-order valence-electron chi connectivity index (χ4n) is 5.19. The van der Waals surface area contributed by atoms with Crippen LogP contribution in [0.2, 0.25) is 0 Å². The maximum atomic E-state index is 14.2. The largest absolute Gasteiger partial charge is 0.506 e. The first-order valence-corrected chi connectivity index (χ1v) is 17.2.